The summed E-state index contributed by atoms with van der Waals surface area (Å²) >= 11 is 62.7. The van der Waals surface area contributed by atoms with Crippen LogP contribution in [0.4, 0.5) is 0 Å². The molecule has 0 unspecified atom stereocenters. The number of esters is 2. The number of ether oxygens (including phenoxy) is 4. The van der Waals surface area contributed by atoms with Crippen LogP contribution in [0.25, 0.3) is 0 Å². The Morgan fingerprint density at radius 1 is 0.317 bits per heavy atom. The standard InChI is InChI=1S/C40H43NO5.C22H20NO2.C18H23ClO3.BrH.44K.Zn.2H/c1-39(2,3)46-38(43)34-21-23-35(24-22-34)40(25-11-6-12-26-40)36(42)27-30-17-19-33(20-18-30)37(44-28-31-13-7-4-8-14-31)41-45-29-32-15-9-5-10-16-32;1-18-12-14-21(15-13-18)22(24-16-19-8-4-2-5-9-19)23-25-17-20-10-6-3-7-11-20;1-17(2,3)22-15(20)13-7-9-14(10-8-13)18(16(19)21)11-5-4-6-12-18;;;;;;;;;;;;;;;;;;;;;;;;;;;;;;;;;;;;;;;;;;;;;;;;/h4-5,7-10,13-24H,6,11-12,25-29H2,1-3H3;2-15H,1,16-17H2;7-10H,4-6,11-12H2,1-3H3;1H;;;;;;;;;;;;;;;;;;;;;;;;;;;;;;;;;;;;;;;;;;;;;;;/q;-1;;;;;;;;;;;;;;;;;;;;;;;;;;;;;;;;;;;;;;;;;;;;;2*+1;+2;2*-1/p-1/b41-37-;23-22-;;;;;;;;;;;;;;;;;;;;;;;;;;;;;;;;;;;;;;;;;;;;;;;;;. The van der Waals surface area contributed by atoms with Crippen LogP contribution in [-0.2, 0) is 98.2 Å². The Morgan fingerprint density at radius 2 is 0.532 bits per heavy atom. The number of hydrogen-bond donors (Lipinski definition) is 0. The average molecular weight is 3140 g/mol. The van der Waals surface area contributed by atoms with Gasteiger partial charge >= 0.3 is 1470 Å². The molecule has 0 N–H and O–H groups in total. The molecule has 0 aromatic heterocycles. The van der Waals surface area contributed by atoms with Crippen LogP contribution in [0.3, 0.4) is 0 Å². The van der Waals surface area contributed by atoms with Gasteiger partial charge in [0.05, 0.1) is 22.0 Å². The summed E-state index contributed by atoms with van der Waals surface area (Å²) in [6.07, 6.45) is 9.76. The van der Waals surface area contributed by atoms with Crippen LogP contribution in [0.15, 0.2) is 229 Å². The first-order chi connectivity index (χ1) is 66.8. The Hall–Kier alpha value is 63.8. The minimum absolute atomic E-state index is 0. The summed E-state index contributed by atoms with van der Waals surface area (Å²) in [6, 6.07) is 69.8. The average Bonchev–Trinajstić information content (AvgIpc) is 0.782. The van der Waals surface area contributed by atoms with E-state index in [1.165, 1.54) is 1340 Å². The number of benzene rings is 8. The molecule has 2 fully saturated rings. The molecule has 2 aliphatic rings. The molecule has 0 atom stereocenters. The Labute approximate surface area is 1910 Å². The summed E-state index contributed by atoms with van der Waals surface area (Å²) in [7, 11) is 0. The van der Waals surface area contributed by atoms with Crippen LogP contribution < -0.4 is 103 Å². The van der Waals surface area contributed by atoms with Crippen LogP contribution in [-0.4, -0.2) is 1370 Å². The van der Waals surface area contributed by atoms with Gasteiger partial charge in [-0.05, 0) is 164 Å². The molecule has 0 bridgehead atoms. The summed E-state index contributed by atoms with van der Waals surface area (Å²) < 4.78 is 22.9. The van der Waals surface area contributed by atoms with E-state index in [9.17, 15) is 19.2 Å². The number of carbonyl (C=O) groups excluding carboxylic acids is 4. The molecule has 0 heterocycles. The Kier molecular flexibility index (Phi) is 347. The third-order valence-corrected chi connectivity index (χ3v) is 16.5. The van der Waals surface area contributed by atoms with Crippen molar-refractivity contribution < 1.29 is 170 Å². The van der Waals surface area contributed by atoms with E-state index in [1.807, 2.05) is 236 Å². The van der Waals surface area contributed by atoms with Crippen molar-refractivity contribution in [2.75, 3.05) is 0 Å². The summed E-state index contributed by atoms with van der Waals surface area (Å²) in [6.45, 7) is 16.5. The van der Waals surface area contributed by atoms with Crippen LogP contribution in [0.2, 0.25) is 0 Å². The van der Waals surface area contributed by atoms with Gasteiger partial charge in [0.1, 0.15) is 43.4 Å². The monoisotopic (exact) mass is 3130 g/mol. The van der Waals surface area contributed by atoms with E-state index in [-0.39, 0.29) is 129 Å². The Bertz CT molecular complexity index is 3840. The number of rotatable bonds is 20. The second-order valence-electron chi connectivity index (χ2n) is 25.6. The van der Waals surface area contributed by atoms with Gasteiger partial charge < -0.3 is 31.5 Å². The number of ketones is 1. The number of hydrogen-bond acceptors (Lipinski definition) is 12. The molecule has 59 heteroatoms. The summed E-state index contributed by atoms with van der Waals surface area (Å²) in [5.74, 6) is 0.329. The maximum absolute atomic E-state index is 14.1. The van der Waals surface area contributed by atoms with Gasteiger partial charge in [0.2, 0.25) is 5.24 Å². The zero-order chi connectivity index (χ0) is 110. The van der Waals surface area contributed by atoms with Crippen molar-refractivity contribution in [1.82, 2.24) is 0 Å². The molecule has 0 spiro atoms. The molecular weight excluding hydrogens is 3050 g/mol. The molecular formula is C80H88BrClK44N2O10Zn. The zero-order valence-electron chi connectivity index (χ0n) is 102. The van der Waals surface area contributed by atoms with Gasteiger partial charge in [0, 0.05) is 17.5 Å². The molecule has 8 aromatic rings. The summed E-state index contributed by atoms with van der Waals surface area (Å²) in [4.78, 5) is 61.9. The van der Waals surface area contributed by atoms with Crippen molar-refractivity contribution in [2.45, 2.75) is 161 Å². The van der Waals surface area contributed by atoms with E-state index in [4.69, 9.17) is 40.2 Å². The third-order valence-electron chi connectivity index (χ3n) is 16.1. The first kappa shape index (κ1) is 239. The van der Waals surface area contributed by atoms with Gasteiger partial charge in [-0.15, -0.1) is 12.1 Å². The van der Waals surface area contributed by atoms with E-state index in [2.05, 4.69) is 30.9 Å². The molecule has 0 saturated heterocycles. The van der Waals surface area contributed by atoms with E-state index < -0.39 is 22.0 Å². The van der Waals surface area contributed by atoms with Gasteiger partial charge in [-0.1, -0.05) is 196 Å². The molecule has 2 saturated carbocycles. The molecule has 8 aromatic carbocycles. The van der Waals surface area contributed by atoms with Crippen molar-refractivity contribution in [2.24, 2.45) is 10.3 Å². The molecule has 0 aliphatic heterocycles. The van der Waals surface area contributed by atoms with E-state index in [1.54, 1.807) is 24.3 Å². The number of nitrogens with zero attached hydrogens (tertiary/aromatic N) is 2. The number of halogens is 2. The fourth-order valence-electron chi connectivity index (χ4n) is 11.2. The van der Waals surface area contributed by atoms with Gasteiger partial charge in [-0.3, -0.25) is 9.59 Å². The first-order valence-electron chi connectivity index (χ1n) is 53.3. The fourth-order valence-corrected chi connectivity index (χ4v) is 11.5. The first-order valence-corrected chi connectivity index (χ1v) is 397. The molecule has 0 amide bonds. The maximum atomic E-state index is 14.1. The van der Waals surface area contributed by atoms with Crippen LogP contribution >= 0.6 is 25.2 Å². The van der Waals surface area contributed by atoms with E-state index in [0.29, 0.717) is 55.8 Å². The molecule has 2 aliphatic carbocycles. The Morgan fingerprint density at radius 3 is 0.770 bits per heavy atom. The topological polar surface area (TPSA) is 148 Å². The molecule has 538 valence electrons. The summed E-state index contributed by atoms with van der Waals surface area (Å²) in [5, 5.41) is 8.27. The zero-order valence-corrected chi connectivity index (χ0v) is 242. The van der Waals surface area contributed by atoms with Crippen molar-refractivity contribution >= 4 is 1390 Å². The van der Waals surface area contributed by atoms with E-state index in [0.717, 1.165) is 120 Å². The third kappa shape index (κ3) is 150. The van der Waals surface area contributed by atoms with Crippen molar-refractivity contribution in [1.29, 1.82) is 0 Å². The predicted octanol–water partition coefficient (Wildman–Crippen LogP) is -2.59. The SMILES string of the molecule is CC(C)(C)OC(=O)c1ccc(C2(C(=O)Cc3ccc(/C(=N/OCc4ccccc4)OCc4ccccc4)cc3)CCCCC2)cc1.CC(C)(C)OC(=O)c1ccc(C2(C(=O)Cl)CCCCC2)cc1.[CH2-]c1ccc(/C(=N/OCc2ccccc2)OCc2ccccc2)cc1.[H-].[H-].[K+].[K+].[K][K].[K][K].[K][K].[K][K].[K][K].[K][K].[K][K].[K][K].[K][K].[K][K].[K][K].[K][K].[K][K].[K][K].[K][K].[K][K].[K][K].[K][K].[K][K].[K][K].[K][K].[Zn+][Br]. The molecule has 10 rings (SSSR count). The normalized spacial score (nSPS) is 10.9. The molecule has 0 radical (unpaired) electrons. The minimum atomic E-state index is -0.591. The van der Waals surface area contributed by atoms with Crippen LogP contribution in [0.1, 0.15) is 185 Å². The fraction of sp³-hybridized carbons (Fsp3) is 0.312. The number of oxime groups is 2. The quantitative estimate of drug-likeness (QED) is 0.0152. The second kappa shape index (κ2) is 202. The van der Waals surface area contributed by atoms with Crippen LogP contribution in [0, 0.1) is 6.92 Å². The van der Waals surface area contributed by atoms with Crippen molar-refractivity contribution in [3.05, 3.63) is 292 Å². The van der Waals surface area contributed by atoms with Gasteiger partial charge in [-0.25, -0.2) is 9.59 Å². The Balaban J connectivity index is -0.0000000797. The predicted molar refractivity (Wildman–Crippen MR) is 620 cm³/mol. The van der Waals surface area contributed by atoms with Gasteiger partial charge in [0.15, 0.2) is 0 Å². The van der Waals surface area contributed by atoms with E-state index >= 15 is 0 Å². The number of carbonyl (C=O) groups is 4. The molecule has 139 heavy (non-hydrogen) atoms. The second-order valence-corrected chi connectivity index (χ2v) is 25.9. The van der Waals surface area contributed by atoms with Crippen molar-refractivity contribution in [3.8, 4) is 0 Å². The summed E-state index contributed by atoms with van der Waals surface area (Å²) in [5.41, 5.74) is 8.28. The van der Waals surface area contributed by atoms with Crippen LogP contribution in [0.5, 0.6) is 0 Å². The number of Topliss-reactive ketones (excluding diaryl/α,β-unsaturated/α-hetero) is 1. The molecule has 12 nitrogen and oxygen atoms in total. The van der Waals surface area contributed by atoms with Crippen molar-refractivity contribution in [3.63, 3.8) is 0 Å². The van der Waals surface area contributed by atoms with Gasteiger partial charge in [0.25, 0.3) is 11.8 Å². The van der Waals surface area contributed by atoms with Gasteiger partial charge in [-0.2, -0.15) is 24.6 Å².